The Morgan fingerprint density at radius 1 is 1.03 bits per heavy atom. The zero-order chi connectivity index (χ0) is 23.8. The third-order valence-electron chi connectivity index (χ3n) is 5.64. The fourth-order valence-corrected chi connectivity index (χ4v) is 4.78. The van der Waals surface area contributed by atoms with Crippen molar-refractivity contribution in [1.82, 2.24) is 9.36 Å². The summed E-state index contributed by atoms with van der Waals surface area (Å²) in [5.41, 5.74) is 3.25. The van der Waals surface area contributed by atoms with Crippen molar-refractivity contribution >= 4 is 27.3 Å². The summed E-state index contributed by atoms with van der Waals surface area (Å²) < 4.78 is 29.3. The quantitative estimate of drug-likeness (QED) is 0.617. The van der Waals surface area contributed by atoms with E-state index >= 15 is 0 Å². The van der Waals surface area contributed by atoms with Crippen LogP contribution in [0.2, 0.25) is 0 Å². The lowest BCUT2D eigenvalue weighted by Gasteiger charge is -2.28. The van der Waals surface area contributed by atoms with Crippen LogP contribution in [0.3, 0.4) is 0 Å². The molecule has 1 atom stereocenters. The van der Waals surface area contributed by atoms with E-state index in [9.17, 15) is 18.0 Å². The topological polar surface area (TPSA) is 93.4 Å². The van der Waals surface area contributed by atoms with E-state index in [0.717, 1.165) is 21.7 Å². The summed E-state index contributed by atoms with van der Waals surface area (Å²) in [6, 6.07) is 13.2. The van der Waals surface area contributed by atoms with Gasteiger partial charge >= 0.3 is 0 Å². The summed E-state index contributed by atoms with van der Waals surface area (Å²) >= 11 is 0. The molecule has 0 aliphatic rings. The van der Waals surface area contributed by atoms with Gasteiger partial charge in [-0.2, -0.15) is 0 Å². The Kier molecular flexibility index (Phi) is 6.32. The zero-order valence-electron chi connectivity index (χ0n) is 19.1. The molecule has 1 heterocycles. The first-order valence-corrected chi connectivity index (χ1v) is 12.0. The Bertz CT molecular complexity index is 1320. The second-order valence-electron chi connectivity index (χ2n) is 7.93. The largest absolute Gasteiger partial charge is 0.318 e. The van der Waals surface area contributed by atoms with E-state index < -0.39 is 27.5 Å². The Balaban J connectivity index is 1.99. The van der Waals surface area contributed by atoms with Crippen molar-refractivity contribution in [2.24, 2.45) is 7.05 Å². The van der Waals surface area contributed by atoms with Crippen molar-refractivity contribution in [2.45, 2.75) is 33.7 Å². The number of hydrogen-bond donors (Lipinski definition) is 1. The van der Waals surface area contributed by atoms with Crippen LogP contribution in [-0.2, 0) is 21.9 Å². The standard InChI is InChI=1S/C23H28N4O4S/c1-15-12-13-20(14-16(15)2)27(32(6,30)31)18(4)22(28)24-21-17(3)25(5)26(23(21)29)19-10-8-7-9-11-19/h7-14,18H,1-6H3,(H,24,28). The van der Waals surface area contributed by atoms with E-state index in [1.165, 1.54) is 11.6 Å². The molecular formula is C23H28N4O4S. The summed E-state index contributed by atoms with van der Waals surface area (Å²) in [5.74, 6) is -0.598. The lowest BCUT2D eigenvalue weighted by molar-refractivity contribution is -0.116. The highest BCUT2D eigenvalue weighted by molar-refractivity contribution is 7.92. The number of aryl methyl sites for hydroxylation is 2. The van der Waals surface area contributed by atoms with Gasteiger partial charge < -0.3 is 5.32 Å². The average Bonchev–Trinajstić information content (AvgIpc) is 2.93. The van der Waals surface area contributed by atoms with Crippen LogP contribution < -0.4 is 15.2 Å². The molecule has 1 unspecified atom stereocenters. The van der Waals surface area contributed by atoms with Crippen molar-refractivity contribution in [2.75, 3.05) is 15.9 Å². The van der Waals surface area contributed by atoms with Crippen LogP contribution in [0.15, 0.2) is 53.3 Å². The van der Waals surface area contributed by atoms with Gasteiger partial charge in [0, 0.05) is 7.05 Å². The van der Waals surface area contributed by atoms with Crippen LogP contribution in [0.5, 0.6) is 0 Å². The second-order valence-corrected chi connectivity index (χ2v) is 9.79. The van der Waals surface area contributed by atoms with Crippen LogP contribution in [-0.4, -0.2) is 36.0 Å². The highest BCUT2D eigenvalue weighted by atomic mass is 32.2. The molecule has 0 fully saturated rings. The number of carbonyl (C=O) groups excluding carboxylic acids is 1. The fraction of sp³-hybridized carbons (Fsp3) is 0.304. The van der Waals surface area contributed by atoms with E-state index in [-0.39, 0.29) is 5.69 Å². The maximum atomic E-state index is 13.1. The van der Waals surface area contributed by atoms with E-state index in [4.69, 9.17) is 0 Å². The van der Waals surface area contributed by atoms with Gasteiger partial charge in [-0.05, 0) is 63.1 Å². The SMILES string of the molecule is Cc1ccc(N(C(C)C(=O)Nc2c(C)n(C)n(-c3ccccc3)c2=O)S(C)(=O)=O)cc1C. The molecule has 3 rings (SSSR count). The van der Waals surface area contributed by atoms with E-state index in [1.807, 2.05) is 38.1 Å². The first-order chi connectivity index (χ1) is 14.9. The van der Waals surface area contributed by atoms with Crippen LogP contribution in [0, 0.1) is 20.8 Å². The molecule has 1 amide bonds. The van der Waals surface area contributed by atoms with Gasteiger partial charge in [-0.25, -0.2) is 13.1 Å². The van der Waals surface area contributed by atoms with Crippen LogP contribution in [0.25, 0.3) is 5.69 Å². The van der Waals surface area contributed by atoms with Crippen LogP contribution >= 0.6 is 0 Å². The average molecular weight is 457 g/mol. The van der Waals surface area contributed by atoms with Crippen molar-refractivity contribution in [3.8, 4) is 5.69 Å². The summed E-state index contributed by atoms with van der Waals surface area (Å²) in [6.07, 6.45) is 1.06. The molecule has 1 N–H and O–H groups in total. The maximum Gasteiger partial charge on any atom is 0.295 e. The molecule has 3 aromatic rings. The molecule has 0 radical (unpaired) electrons. The molecule has 0 spiro atoms. The molecule has 2 aromatic carbocycles. The number of carbonyl (C=O) groups is 1. The summed E-state index contributed by atoms with van der Waals surface area (Å²) in [7, 11) is -2.04. The van der Waals surface area contributed by atoms with Crippen molar-refractivity contribution in [3.05, 3.63) is 75.7 Å². The van der Waals surface area contributed by atoms with Crippen molar-refractivity contribution in [1.29, 1.82) is 0 Å². The Morgan fingerprint density at radius 3 is 2.22 bits per heavy atom. The molecule has 9 heteroatoms. The molecule has 0 saturated heterocycles. The van der Waals surface area contributed by atoms with Gasteiger partial charge in [0.1, 0.15) is 11.7 Å². The minimum Gasteiger partial charge on any atom is -0.318 e. The molecule has 0 aliphatic carbocycles. The van der Waals surface area contributed by atoms with E-state index in [2.05, 4.69) is 5.32 Å². The van der Waals surface area contributed by atoms with Gasteiger partial charge in [-0.15, -0.1) is 0 Å². The normalized spacial score (nSPS) is 12.4. The lowest BCUT2D eigenvalue weighted by Crippen LogP contribution is -2.46. The number of nitrogens with one attached hydrogen (secondary N) is 1. The third-order valence-corrected chi connectivity index (χ3v) is 6.88. The van der Waals surface area contributed by atoms with Gasteiger partial charge in [0.25, 0.3) is 5.56 Å². The van der Waals surface area contributed by atoms with E-state index in [0.29, 0.717) is 17.1 Å². The first-order valence-electron chi connectivity index (χ1n) is 10.1. The molecule has 32 heavy (non-hydrogen) atoms. The van der Waals surface area contributed by atoms with Gasteiger partial charge in [0.05, 0.1) is 23.3 Å². The number of aromatic nitrogens is 2. The van der Waals surface area contributed by atoms with Gasteiger partial charge in [0.2, 0.25) is 15.9 Å². The Morgan fingerprint density at radius 2 is 1.66 bits per heavy atom. The van der Waals surface area contributed by atoms with Crippen LogP contribution in [0.4, 0.5) is 11.4 Å². The predicted molar refractivity (Wildman–Crippen MR) is 127 cm³/mol. The molecule has 0 bridgehead atoms. The molecular weight excluding hydrogens is 428 g/mol. The Labute approximate surface area is 188 Å². The van der Waals surface area contributed by atoms with Crippen molar-refractivity contribution < 1.29 is 13.2 Å². The number of amides is 1. The monoisotopic (exact) mass is 456 g/mol. The number of nitrogens with zero attached hydrogens (tertiary/aromatic N) is 3. The number of benzene rings is 2. The zero-order valence-corrected chi connectivity index (χ0v) is 19.9. The van der Waals surface area contributed by atoms with Gasteiger partial charge in [-0.3, -0.25) is 18.6 Å². The highest BCUT2D eigenvalue weighted by Gasteiger charge is 2.31. The summed E-state index contributed by atoms with van der Waals surface area (Å²) in [4.78, 5) is 26.2. The Hall–Kier alpha value is -3.33. The second kappa shape index (κ2) is 8.66. The lowest BCUT2D eigenvalue weighted by atomic mass is 10.1. The number of hydrogen-bond acceptors (Lipinski definition) is 4. The minimum atomic E-state index is -3.77. The van der Waals surface area contributed by atoms with Gasteiger partial charge in [0.15, 0.2) is 0 Å². The van der Waals surface area contributed by atoms with Crippen LogP contribution in [0.1, 0.15) is 23.7 Å². The number of anilines is 2. The molecule has 0 saturated carbocycles. The number of rotatable bonds is 6. The van der Waals surface area contributed by atoms with Crippen molar-refractivity contribution in [3.63, 3.8) is 0 Å². The summed E-state index contributed by atoms with van der Waals surface area (Å²) in [5, 5.41) is 2.66. The number of sulfonamides is 1. The molecule has 1 aromatic heterocycles. The molecule has 170 valence electrons. The molecule has 0 aliphatic heterocycles. The predicted octanol–water partition coefficient (Wildman–Crippen LogP) is 2.89. The minimum absolute atomic E-state index is 0.113. The summed E-state index contributed by atoms with van der Waals surface area (Å²) in [6.45, 7) is 7.03. The third kappa shape index (κ3) is 4.34. The highest BCUT2D eigenvalue weighted by Crippen LogP contribution is 2.24. The molecule has 8 nitrogen and oxygen atoms in total. The van der Waals surface area contributed by atoms with E-state index in [1.54, 1.807) is 42.9 Å². The first kappa shape index (κ1) is 23.3. The maximum absolute atomic E-state index is 13.1. The fourth-order valence-electron chi connectivity index (χ4n) is 3.61. The van der Waals surface area contributed by atoms with Gasteiger partial charge in [-0.1, -0.05) is 24.3 Å². The number of para-hydroxylation sites is 1. The smallest absolute Gasteiger partial charge is 0.295 e.